The number of hydrogen-bond acceptors (Lipinski definition) is 1. The van der Waals surface area contributed by atoms with Gasteiger partial charge in [0, 0.05) is 0 Å². The first-order chi connectivity index (χ1) is 6.31. The van der Waals surface area contributed by atoms with Gasteiger partial charge in [-0.3, -0.25) is 0 Å². The molecule has 0 radical (unpaired) electrons. The van der Waals surface area contributed by atoms with Gasteiger partial charge in [0.2, 0.25) is 0 Å². The van der Waals surface area contributed by atoms with Crippen molar-refractivity contribution in [3.05, 3.63) is 42.0 Å². The summed E-state index contributed by atoms with van der Waals surface area (Å²) in [6.07, 6.45) is 2.66. The van der Waals surface area contributed by atoms with Crippen molar-refractivity contribution < 1.29 is 0 Å². The molecule has 0 spiro atoms. The first-order valence-electron chi connectivity index (χ1n) is 4.43. The van der Waals surface area contributed by atoms with Gasteiger partial charge in [-0.25, -0.2) is 0 Å². The van der Waals surface area contributed by atoms with Crippen molar-refractivity contribution in [2.24, 2.45) is 0 Å². The Balaban J connectivity index is 3.01. The van der Waals surface area contributed by atoms with E-state index in [0.717, 1.165) is 17.5 Å². The SMILES string of the molecule is C=Cc1cccc(C(C#N)CC)c1. The minimum atomic E-state index is 0.0138. The molecule has 0 aromatic heterocycles. The van der Waals surface area contributed by atoms with Gasteiger partial charge in [0.15, 0.2) is 0 Å². The first-order valence-corrected chi connectivity index (χ1v) is 4.43. The number of nitriles is 1. The zero-order chi connectivity index (χ0) is 9.68. The summed E-state index contributed by atoms with van der Waals surface area (Å²) in [6, 6.07) is 10.2. The highest BCUT2D eigenvalue weighted by atomic mass is 14.3. The van der Waals surface area contributed by atoms with Crippen molar-refractivity contribution in [3.8, 4) is 6.07 Å². The van der Waals surface area contributed by atoms with Crippen LogP contribution in [0.2, 0.25) is 0 Å². The van der Waals surface area contributed by atoms with Crippen molar-refractivity contribution in [1.29, 1.82) is 5.26 Å². The van der Waals surface area contributed by atoms with E-state index in [4.69, 9.17) is 5.26 Å². The Bertz CT molecular complexity index is 333. The van der Waals surface area contributed by atoms with Gasteiger partial charge in [0.25, 0.3) is 0 Å². The zero-order valence-corrected chi connectivity index (χ0v) is 7.83. The number of nitrogens with zero attached hydrogens (tertiary/aromatic N) is 1. The predicted octanol–water partition coefficient (Wildman–Crippen LogP) is 3.35. The molecular weight excluding hydrogens is 158 g/mol. The monoisotopic (exact) mass is 171 g/mol. The van der Waals surface area contributed by atoms with Crippen molar-refractivity contribution in [3.63, 3.8) is 0 Å². The molecule has 0 heterocycles. The van der Waals surface area contributed by atoms with Crippen LogP contribution in [0.1, 0.15) is 30.4 Å². The fraction of sp³-hybridized carbons (Fsp3) is 0.250. The molecule has 1 aromatic rings. The van der Waals surface area contributed by atoms with Crippen molar-refractivity contribution >= 4 is 6.08 Å². The zero-order valence-electron chi connectivity index (χ0n) is 7.83. The molecule has 0 fully saturated rings. The van der Waals surface area contributed by atoms with E-state index < -0.39 is 0 Å². The van der Waals surface area contributed by atoms with E-state index in [1.807, 2.05) is 31.2 Å². The van der Waals surface area contributed by atoms with E-state index in [0.29, 0.717) is 0 Å². The summed E-state index contributed by atoms with van der Waals surface area (Å²) in [6.45, 7) is 5.72. The third-order valence-corrected chi connectivity index (χ3v) is 2.11. The molecule has 1 aromatic carbocycles. The van der Waals surface area contributed by atoms with Crippen molar-refractivity contribution in [2.45, 2.75) is 19.3 Å². The quantitative estimate of drug-likeness (QED) is 0.684. The van der Waals surface area contributed by atoms with Crippen molar-refractivity contribution in [2.75, 3.05) is 0 Å². The standard InChI is InChI=1S/C12H13N/c1-3-10-6-5-7-12(8-10)11(4-2)9-13/h3,5-8,11H,1,4H2,2H3. The third-order valence-electron chi connectivity index (χ3n) is 2.11. The van der Waals surface area contributed by atoms with E-state index in [1.165, 1.54) is 0 Å². The van der Waals surface area contributed by atoms with Crippen molar-refractivity contribution in [1.82, 2.24) is 0 Å². The van der Waals surface area contributed by atoms with Gasteiger partial charge >= 0.3 is 0 Å². The van der Waals surface area contributed by atoms with Gasteiger partial charge in [0.1, 0.15) is 0 Å². The molecule has 0 saturated heterocycles. The summed E-state index contributed by atoms with van der Waals surface area (Å²) in [5.74, 6) is 0.0138. The average Bonchev–Trinajstić information content (AvgIpc) is 2.20. The number of hydrogen-bond donors (Lipinski definition) is 0. The number of rotatable bonds is 3. The van der Waals surface area contributed by atoms with E-state index >= 15 is 0 Å². The minimum absolute atomic E-state index is 0.0138. The lowest BCUT2D eigenvalue weighted by molar-refractivity contribution is 0.818. The Hall–Kier alpha value is -1.55. The molecule has 1 nitrogen and oxygen atoms in total. The van der Waals surface area contributed by atoms with Crippen LogP contribution in [0.3, 0.4) is 0 Å². The molecule has 13 heavy (non-hydrogen) atoms. The molecule has 0 aliphatic heterocycles. The van der Waals surface area contributed by atoms with E-state index in [9.17, 15) is 0 Å². The number of benzene rings is 1. The highest BCUT2D eigenvalue weighted by molar-refractivity contribution is 5.48. The van der Waals surface area contributed by atoms with Crippen LogP contribution in [0.25, 0.3) is 6.08 Å². The Labute approximate surface area is 79.3 Å². The van der Waals surface area contributed by atoms with E-state index in [1.54, 1.807) is 6.08 Å². The molecule has 1 atom stereocenters. The van der Waals surface area contributed by atoms with Crippen LogP contribution in [0, 0.1) is 11.3 Å². The summed E-state index contributed by atoms with van der Waals surface area (Å²) in [5.41, 5.74) is 2.16. The predicted molar refractivity (Wildman–Crippen MR) is 55.2 cm³/mol. The maximum absolute atomic E-state index is 8.87. The molecule has 0 bridgehead atoms. The molecule has 66 valence electrons. The van der Waals surface area contributed by atoms with Gasteiger partial charge in [-0.1, -0.05) is 43.8 Å². The molecule has 0 N–H and O–H groups in total. The molecule has 1 unspecified atom stereocenters. The van der Waals surface area contributed by atoms with Gasteiger partial charge < -0.3 is 0 Å². The summed E-state index contributed by atoms with van der Waals surface area (Å²) in [7, 11) is 0. The van der Waals surface area contributed by atoms with E-state index in [-0.39, 0.29) is 5.92 Å². The molecule has 1 rings (SSSR count). The Morgan fingerprint density at radius 2 is 2.38 bits per heavy atom. The second-order valence-corrected chi connectivity index (χ2v) is 2.96. The fourth-order valence-electron chi connectivity index (χ4n) is 1.30. The smallest absolute Gasteiger partial charge is 0.0710 e. The largest absolute Gasteiger partial charge is 0.198 e. The molecule has 1 heteroatoms. The van der Waals surface area contributed by atoms with E-state index in [2.05, 4.69) is 12.6 Å². The second kappa shape index (κ2) is 4.47. The Morgan fingerprint density at radius 1 is 1.62 bits per heavy atom. The topological polar surface area (TPSA) is 23.8 Å². The lowest BCUT2D eigenvalue weighted by Crippen LogP contribution is -1.93. The van der Waals surface area contributed by atoms with Crippen LogP contribution in [-0.4, -0.2) is 0 Å². The van der Waals surface area contributed by atoms with Crippen LogP contribution >= 0.6 is 0 Å². The minimum Gasteiger partial charge on any atom is -0.198 e. The van der Waals surface area contributed by atoms with Crippen LogP contribution < -0.4 is 0 Å². The summed E-state index contributed by atoms with van der Waals surface area (Å²) < 4.78 is 0. The average molecular weight is 171 g/mol. The Morgan fingerprint density at radius 3 is 2.92 bits per heavy atom. The normalized spacial score (nSPS) is 11.7. The highest BCUT2D eigenvalue weighted by Gasteiger charge is 2.06. The lowest BCUT2D eigenvalue weighted by Gasteiger charge is -2.06. The Kier molecular flexibility index (Phi) is 3.28. The molecule has 0 amide bonds. The van der Waals surface area contributed by atoms with Crippen LogP contribution in [0.5, 0.6) is 0 Å². The van der Waals surface area contributed by atoms with Gasteiger partial charge in [0.05, 0.1) is 12.0 Å². The maximum atomic E-state index is 8.87. The maximum Gasteiger partial charge on any atom is 0.0710 e. The summed E-state index contributed by atoms with van der Waals surface area (Å²) in [5, 5.41) is 8.87. The molecular formula is C12H13N. The first kappa shape index (κ1) is 9.54. The molecule has 0 saturated carbocycles. The fourth-order valence-corrected chi connectivity index (χ4v) is 1.30. The van der Waals surface area contributed by atoms with Gasteiger partial charge in [-0.15, -0.1) is 0 Å². The molecule has 0 aliphatic carbocycles. The third kappa shape index (κ3) is 2.19. The van der Waals surface area contributed by atoms with Gasteiger partial charge in [-0.05, 0) is 17.5 Å². The summed E-state index contributed by atoms with van der Waals surface area (Å²) >= 11 is 0. The summed E-state index contributed by atoms with van der Waals surface area (Å²) in [4.78, 5) is 0. The van der Waals surface area contributed by atoms with Gasteiger partial charge in [-0.2, -0.15) is 5.26 Å². The lowest BCUT2D eigenvalue weighted by atomic mass is 9.96. The van der Waals surface area contributed by atoms with Crippen LogP contribution in [0.15, 0.2) is 30.8 Å². The van der Waals surface area contributed by atoms with Crippen LogP contribution in [-0.2, 0) is 0 Å². The second-order valence-electron chi connectivity index (χ2n) is 2.96. The highest BCUT2D eigenvalue weighted by Crippen LogP contribution is 2.19. The van der Waals surface area contributed by atoms with Crippen LogP contribution in [0.4, 0.5) is 0 Å². The molecule has 0 aliphatic rings.